The standard InChI is InChI=1S/C8H5NS3/c1-4-9-7-6(11-4)5-2-3-10-8(5)12-7/h2-3H,1H3. The van der Waals surface area contributed by atoms with Gasteiger partial charge in [0, 0.05) is 5.39 Å². The largest absolute Gasteiger partial charge is 0.231 e. The Labute approximate surface area is 81.3 Å². The summed E-state index contributed by atoms with van der Waals surface area (Å²) in [6, 6.07) is 2.19. The topological polar surface area (TPSA) is 12.9 Å². The van der Waals surface area contributed by atoms with Crippen molar-refractivity contribution in [3.63, 3.8) is 0 Å². The molecule has 0 radical (unpaired) electrons. The van der Waals surface area contributed by atoms with Crippen molar-refractivity contribution in [3.05, 3.63) is 16.5 Å². The Balaban J connectivity index is 2.64. The van der Waals surface area contributed by atoms with Crippen LogP contribution in [0.1, 0.15) is 5.01 Å². The molecule has 3 rings (SSSR count). The molecule has 0 fully saturated rings. The van der Waals surface area contributed by atoms with Gasteiger partial charge in [-0.1, -0.05) is 0 Å². The average molecular weight is 211 g/mol. The van der Waals surface area contributed by atoms with E-state index in [1.807, 2.05) is 11.3 Å². The van der Waals surface area contributed by atoms with Crippen molar-refractivity contribution in [2.75, 3.05) is 0 Å². The van der Waals surface area contributed by atoms with E-state index < -0.39 is 0 Å². The summed E-state index contributed by atoms with van der Waals surface area (Å²) in [5, 5.41) is 4.71. The lowest BCUT2D eigenvalue weighted by atomic mass is 10.4. The molecule has 60 valence electrons. The zero-order valence-corrected chi connectivity index (χ0v) is 8.78. The minimum atomic E-state index is 1.17. The predicted octanol–water partition coefficient (Wildman–Crippen LogP) is 3.88. The maximum atomic E-state index is 4.47. The summed E-state index contributed by atoms with van der Waals surface area (Å²) < 4.78 is 2.78. The van der Waals surface area contributed by atoms with E-state index >= 15 is 0 Å². The van der Waals surface area contributed by atoms with Crippen LogP contribution in [-0.2, 0) is 0 Å². The fourth-order valence-electron chi connectivity index (χ4n) is 1.28. The lowest BCUT2D eigenvalue weighted by Gasteiger charge is -1.73. The van der Waals surface area contributed by atoms with Gasteiger partial charge < -0.3 is 0 Å². The summed E-state index contributed by atoms with van der Waals surface area (Å²) in [6.45, 7) is 2.07. The second-order valence-electron chi connectivity index (χ2n) is 2.59. The van der Waals surface area contributed by atoms with Gasteiger partial charge in [0.2, 0.25) is 0 Å². The van der Waals surface area contributed by atoms with Gasteiger partial charge in [0.15, 0.2) is 0 Å². The van der Waals surface area contributed by atoms with Crippen molar-refractivity contribution >= 4 is 52.9 Å². The number of hydrogen-bond donors (Lipinski definition) is 0. The second kappa shape index (κ2) is 2.28. The van der Waals surface area contributed by atoms with E-state index in [0.717, 1.165) is 0 Å². The Kier molecular flexibility index (Phi) is 1.33. The van der Waals surface area contributed by atoms with Gasteiger partial charge in [-0.05, 0) is 18.4 Å². The first-order chi connectivity index (χ1) is 5.84. The second-order valence-corrected chi connectivity index (χ2v) is 5.97. The van der Waals surface area contributed by atoms with Gasteiger partial charge in [0.05, 0.1) is 13.7 Å². The Morgan fingerprint density at radius 2 is 2.25 bits per heavy atom. The molecule has 1 nitrogen and oxygen atoms in total. The van der Waals surface area contributed by atoms with Crippen LogP contribution in [0.4, 0.5) is 0 Å². The van der Waals surface area contributed by atoms with E-state index in [-0.39, 0.29) is 0 Å². The van der Waals surface area contributed by atoms with Crippen LogP contribution < -0.4 is 0 Å². The lowest BCUT2D eigenvalue weighted by molar-refractivity contribution is 1.36. The molecule has 3 aromatic rings. The van der Waals surface area contributed by atoms with E-state index in [0.29, 0.717) is 0 Å². The number of rotatable bonds is 0. The SMILES string of the molecule is Cc1nc2sc3sccc3c2s1. The predicted molar refractivity (Wildman–Crippen MR) is 57.6 cm³/mol. The summed E-state index contributed by atoms with van der Waals surface area (Å²) in [5.41, 5.74) is 0. The Morgan fingerprint density at radius 3 is 3.17 bits per heavy atom. The first-order valence-electron chi connectivity index (χ1n) is 3.58. The monoisotopic (exact) mass is 211 g/mol. The number of fused-ring (bicyclic) bond motifs is 3. The van der Waals surface area contributed by atoms with Gasteiger partial charge >= 0.3 is 0 Å². The van der Waals surface area contributed by atoms with E-state index in [4.69, 9.17) is 0 Å². The van der Waals surface area contributed by atoms with E-state index in [1.54, 1.807) is 22.7 Å². The van der Waals surface area contributed by atoms with Crippen LogP contribution in [0.5, 0.6) is 0 Å². The Bertz CT molecular complexity index is 543. The summed E-state index contributed by atoms with van der Waals surface area (Å²) in [5.74, 6) is 0. The first kappa shape index (κ1) is 7.00. The van der Waals surface area contributed by atoms with Gasteiger partial charge in [0.25, 0.3) is 0 Å². The molecule has 0 aliphatic heterocycles. The van der Waals surface area contributed by atoms with Crippen molar-refractivity contribution < 1.29 is 0 Å². The quantitative estimate of drug-likeness (QED) is 0.550. The smallest absolute Gasteiger partial charge is 0.136 e. The highest BCUT2D eigenvalue weighted by Gasteiger charge is 2.09. The van der Waals surface area contributed by atoms with Gasteiger partial charge in [-0.2, -0.15) is 0 Å². The molecule has 0 atom stereocenters. The molecule has 4 heteroatoms. The molecule has 3 aromatic heterocycles. The summed E-state index contributed by atoms with van der Waals surface area (Å²) in [6.07, 6.45) is 0. The van der Waals surface area contributed by atoms with E-state index in [1.165, 1.54) is 23.9 Å². The molecule has 0 aromatic carbocycles. The highest BCUT2D eigenvalue weighted by atomic mass is 32.2. The van der Waals surface area contributed by atoms with Crippen LogP contribution in [0.15, 0.2) is 11.4 Å². The molecule has 0 unspecified atom stereocenters. The summed E-state index contributed by atoms with van der Waals surface area (Å²) in [4.78, 5) is 5.67. The highest BCUT2D eigenvalue weighted by molar-refractivity contribution is 7.43. The fourth-order valence-corrected chi connectivity index (χ4v) is 4.62. The number of hydrogen-bond acceptors (Lipinski definition) is 4. The van der Waals surface area contributed by atoms with Crippen molar-refractivity contribution in [3.8, 4) is 0 Å². The molecule has 0 saturated carbocycles. The summed E-state index contributed by atoms with van der Waals surface area (Å²) in [7, 11) is 0. The van der Waals surface area contributed by atoms with Crippen LogP contribution in [0.2, 0.25) is 0 Å². The van der Waals surface area contributed by atoms with Crippen molar-refractivity contribution in [2.24, 2.45) is 0 Å². The Morgan fingerprint density at radius 1 is 1.33 bits per heavy atom. The zero-order valence-electron chi connectivity index (χ0n) is 6.33. The molecule has 0 bridgehead atoms. The van der Waals surface area contributed by atoms with Crippen molar-refractivity contribution in [1.29, 1.82) is 0 Å². The maximum Gasteiger partial charge on any atom is 0.136 e. The molecular weight excluding hydrogens is 206 g/mol. The average Bonchev–Trinajstić information content (AvgIpc) is 2.59. The molecule has 0 N–H and O–H groups in total. The van der Waals surface area contributed by atoms with Crippen molar-refractivity contribution in [1.82, 2.24) is 4.98 Å². The van der Waals surface area contributed by atoms with Gasteiger partial charge in [-0.25, -0.2) is 4.98 Å². The molecule has 0 spiro atoms. The van der Waals surface area contributed by atoms with E-state index in [9.17, 15) is 0 Å². The zero-order chi connectivity index (χ0) is 8.13. The highest BCUT2D eigenvalue weighted by Crippen LogP contribution is 2.39. The van der Waals surface area contributed by atoms with Crippen molar-refractivity contribution in [2.45, 2.75) is 6.92 Å². The molecule has 0 aliphatic rings. The third-order valence-corrected chi connectivity index (χ3v) is 5.04. The van der Waals surface area contributed by atoms with Crippen LogP contribution in [-0.4, -0.2) is 4.98 Å². The van der Waals surface area contributed by atoms with E-state index in [2.05, 4.69) is 23.4 Å². The third-order valence-electron chi connectivity index (χ3n) is 1.77. The first-order valence-corrected chi connectivity index (χ1v) is 6.09. The van der Waals surface area contributed by atoms with Gasteiger partial charge in [-0.15, -0.1) is 34.0 Å². The summed E-state index contributed by atoms with van der Waals surface area (Å²) >= 11 is 5.41. The molecule has 0 saturated heterocycles. The normalized spacial score (nSPS) is 11.8. The number of aromatic nitrogens is 1. The molecule has 0 amide bonds. The number of nitrogens with zero attached hydrogens (tertiary/aromatic N) is 1. The molecule has 3 heterocycles. The maximum absolute atomic E-state index is 4.47. The molecule has 0 aliphatic carbocycles. The van der Waals surface area contributed by atoms with Gasteiger partial charge in [0.1, 0.15) is 4.83 Å². The van der Waals surface area contributed by atoms with Crippen LogP contribution in [0, 0.1) is 6.92 Å². The minimum Gasteiger partial charge on any atom is -0.231 e. The van der Waals surface area contributed by atoms with Crippen LogP contribution in [0.3, 0.4) is 0 Å². The van der Waals surface area contributed by atoms with Gasteiger partial charge in [-0.3, -0.25) is 0 Å². The fraction of sp³-hybridized carbons (Fsp3) is 0.125. The number of thiazole rings is 1. The molecular formula is C8H5NS3. The third kappa shape index (κ3) is 0.800. The van der Waals surface area contributed by atoms with Crippen LogP contribution in [0.25, 0.3) is 18.9 Å². The Hall–Kier alpha value is -0.450. The number of aryl methyl sites for hydroxylation is 1. The number of thiophene rings is 2. The minimum absolute atomic E-state index is 1.17. The van der Waals surface area contributed by atoms with Crippen LogP contribution >= 0.6 is 34.0 Å². The lowest BCUT2D eigenvalue weighted by Crippen LogP contribution is -1.59. The molecule has 12 heavy (non-hydrogen) atoms.